The van der Waals surface area contributed by atoms with E-state index in [1.54, 1.807) is 6.92 Å². The van der Waals surface area contributed by atoms with Crippen LogP contribution >= 0.6 is 23.1 Å². The molecule has 0 radical (unpaired) electrons. The van der Waals surface area contributed by atoms with Crippen LogP contribution in [0, 0.1) is 22.7 Å². The van der Waals surface area contributed by atoms with Crippen molar-refractivity contribution in [1.29, 1.82) is 10.5 Å². The predicted molar refractivity (Wildman–Crippen MR) is 170 cm³/mol. The fraction of sp³-hybridized carbons (Fsp3) is 0.242. The van der Waals surface area contributed by atoms with E-state index in [0.717, 1.165) is 34.4 Å². The summed E-state index contributed by atoms with van der Waals surface area (Å²) >= 11 is 2.61. The van der Waals surface area contributed by atoms with E-state index in [2.05, 4.69) is 35.4 Å². The number of ether oxygens (including phenoxy) is 1. The van der Waals surface area contributed by atoms with Crippen molar-refractivity contribution in [2.45, 2.75) is 44.6 Å². The first kappa shape index (κ1) is 29.8. The number of nitriles is 2. The van der Waals surface area contributed by atoms with E-state index in [-0.39, 0.29) is 35.9 Å². The van der Waals surface area contributed by atoms with Crippen molar-refractivity contribution in [1.82, 2.24) is 4.98 Å². The van der Waals surface area contributed by atoms with Crippen LogP contribution in [-0.4, -0.2) is 29.2 Å². The second-order valence-electron chi connectivity index (χ2n) is 9.84. The number of fused-ring (bicyclic) bond motifs is 3. The Kier molecular flexibility index (Phi) is 9.10. The van der Waals surface area contributed by atoms with Gasteiger partial charge in [-0.2, -0.15) is 10.5 Å². The lowest BCUT2D eigenvalue weighted by Crippen LogP contribution is -2.16. The summed E-state index contributed by atoms with van der Waals surface area (Å²) in [7, 11) is 0. The summed E-state index contributed by atoms with van der Waals surface area (Å²) in [4.78, 5) is 31.4. The van der Waals surface area contributed by atoms with Crippen LogP contribution in [-0.2, 0) is 28.8 Å². The molecule has 0 saturated heterocycles. The fourth-order valence-corrected chi connectivity index (χ4v) is 7.43. The van der Waals surface area contributed by atoms with Gasteiger partial charge in [0, 0.05) is 22.6 Å². The number of aromatic nitrogens is 1. The molecule has 43 heavy (non-hydrogen) atoms. The van der Waals surface area contributed by atoms with E-state index in [9.17, 15) is 20.1 Å². The SMILES string of the molecule is CCOC(=O)c1c(NC(=O)CCSc2nc(N)c(C#N)c(-c3ccc(CC)cc3)c2C#N)sc2c1CCc1ccccc1-2. The number of hydrogen-bond acceptors (Lipinski definition) is 9. The number of aryl methyl sites for hydroxylation is 2. The number of thioether (sulfide) groups is 1. The number of nitrogens with one attached hydrogen (secondary N) is 1. The standard InChI is InChI=1S/C33H29N5O3S2/c1-3-19-9-11-21(12-10-19)27-24(17-34)30(36)38-31(25(27)18-35)42-16-15-26(39)37-32-28(33(40)41-4-2)23-14-13-20-7-5-6-8-22(20)29(23)43-32/h5-12H,3-4,13-16H2,1-2H3,(H2,36,38)(H,37,39). The second-order valence-corrected chi connectivity index (χ2v) is 11.9. The van der Waals surface area contributed by atoms with Crippen molar-refractivity contribution in [3.05, 3.63) is 81.9 Å². The first-order chi connectivity index (χ1) is 20.9. The monoisotopic (exact) mass is 607 g/mol. The first-order valence-electron chi connectivity index (χ1n) is 14.0. The van der Waals surface area contributed by atoms with Crippen LogP contribution in [0.25, 0.3) is 21.6 Å². The molecule has 3 N–H and O–H groups in total. The summed E-state index contributed by atoms with van der Waals surface area (Å²) < 4.78 is 5.36. The van der Waals surface area contributed by atoms with Gasteiger partial charge < -0.3 is 15.8 Å². The highest BCUT2D eigenvalue weighted by atomic mass is 32.2. The van der Waals surface area contributed by atoms with Crippen molar-refractivity contribution in [3.8, 4) is 33.7 Å². The first-order valence-corrected chi connectivity index (χ1v) is 15.8. The van der Waals surface area contributed by atoms with E-state index < -0.39 is 5.97 Å². The maximum absolute atomic E-state index is 13.1. The molecule has 2 aromatic carbocycles. The average molecular weight is 608 g/mol. The van der Waals surface area contributed by atoms with Crippen LogP contribution in [0.3, 0.4) is 0 Å². The number of benzene rings is 2. The maximum Gasteiger partial charge on any atom is 0.341 e. The molecule has 1 amide bonds. The molecule has 1 aliphatic carbocycles. The number of nitrogens with zero attached hydrogens (tertiary/aromatic N) is 3. The number of nitrogens with two attached hydrogens (primary N) is 1. The number of nitrogen functional groups attached to an aromatic ring is 1. The van der Waals surface area contributed by atoms with Crippen molar-refractivity contribution >= 4 is 45.8 Å². The Morgan fingerprint density at radius 1 is 1.07 bits per heavy atom. The Labute approximate surface area is 258 Å². The van der Waals surface area contributed by atoms with Gasteiger partial charge in [-0.25, -0.2) is 9.78 Å². The van der Waals surface area contributed by atoms with Gasteiger partial charge in [0.1, 0.15) is 33.5 Å². The zero-order valence-electron chi connectivity index (χ0n) is 23.8. The second kappa shape index (κ2) is 13.1. The summed E-state index contributed by atoms with van der Waals surface area (Å²) in [6.07, 6.45) is 2.46. The van der Waals surface area contributed by atoms with Gasteiger partial charge in [-0.1, -0.05) is 55.5 Å². The lowest BCUT2D eigenvalue weighted by molar-refractivity contribution is -0.115. The maximum atomic E-state index is 13.1. The molecule has 2 aromatic heterocycles. The third-order valence-electron chi connectivity index (χ3n) is 7.28. The number of rotatable bonds is 9. The van der Waals surface area contributed by atoms with Gasteiger partial charge in [-0.3, -0.25) is 4.79 Å². The van der Waals surface area contributed by atoms with Crippen LogP contribution in [0.15, 0.2) is 53.6 Å². The van der Waals surface area contributed by atoms with Crippen molar-refractivity contribution in [2.75, 3.05) is 23.4 Å². The zero-order chi connectivity index (χ0) is 30.5. The molecule has 0 aliphatic heterocycles. The van der Waals surface area contributed by atoms with E-state index >= 15 is 0 Å². The summed E-state index contributed by atoms with van der Waals surface area (Å²) in [5.41, 5.74) is 12.4. The number of amides is 1. The minimum Gasteiger partial charge on any atom is -0.462 e. The molecule has 0 spiro atoms. The van der Waals surface area contributed by atoms with Crippen molar-refractivity contribution < 1.29 is 14.3 Å². The largest absolute Gasteiger partial charge is 0.462 e. The Morgan fingerprint density at radius 3 is 2.51 bits per heavy atom. The minimum absolute atomic E-state index is 0.0338. The zero-order valence-corrected chi connectivity index (χ0v) is 25.5. The summed E-state index contributed by atoms with van der Waals surface area (Å²) in [6.45, 7) is 4.04. The van der Waals surface area contributed by atoms with Gasteiger partial charge in [0.05, 0.1) is 17.7 Å². The molecule has 0 atom stereocenters. The molecule has 10 heteroatoms. The van der Waals surface area contributed by atoms with Crippen molar-refractivity contribution in [2.24, 2.45) is 0 Å². The third-order valence-corrected chi connectivity index (χ3v) is 9.44. The van der Waals surface area contributed by atoms with Gasteiger partial charge in [-0.15, -0.1) is 23.1 Å². The molecule has 5 rings (SSSR count). The number of esters is 1. The highest BCUT2D eigenvalue weighted by molar-refractivity contribution is 7.99. The lowest BCUT2D eigenvalue weighted by atomic mass is 9.89. The third kappa shape index (κ3) is 5.98. The highest BCUT2D eigenvalue weighted by Gasteiger charge is 2.29. The number of carbonyl (C=O) groups excluding carboxylic acids is 2. The molecule has 4 aromatic rings. The van der Waals surface area contributed by atoms with Gasteiger partial charge in [0.25, 0.3) is 0 Å². The van der Waals surface area contributed by atoms with Crippen LogP contribution in [0.5, 0.6) is 0 Å². The number of hydrogen-bond donors (Lipinski definition) is 2. The molecular weight excluding hydrogens is 579 g/mol. The van der Waals surface area contributed by atoms with E-state index in [1.807, 2.05) is 42.5 Å². The Hall–Kier alpha value is -4.64. The topological polar surface area (TPSA) is 142 Å². The van der Waals surface area contributed by atoms with Crippen LogP contribution in [0.4, 0.5) is 10.8 Å². The van der Waals surface area contributed by atoms with Crippen LogP contribution < -0.4 is 11.1 Å². The number of pyridine rings is 1. The van der Waals surface area contributed by atoms with E-state index in [1.165, 1.54) is 28.7 Å². The Morgan fingerprint density at radius 2 is 1.81 bits per heavy atom. The quantitative estimate of drug-likeness (QED) is 0.157. The molecule has 0 fully saturated rings. The summed E-state index contributed by atoms with van der Waals surface area (Å²) in [5, 5.41) is 23.7. The normalized spacial score (nSPS) is 11.5. The highest BCUT2D eigenvalue weighted by Crippen LogP contribution is 2.45. The molecule has 8 nitrogen and oxygen atoms in total. The number of thiophene rings is 1. The van der Waals surface area contributed by atoms with Crippen molar-refractivity contribution in [3.63, 3.8) is 0 Å². The number of carbonyl (C=O) groups is 2. The van der Waals surface area contributed by atoms with Gasteiger partial charge in [0.2, 0.25) is 5.91 Å². The molecule has 0 bridgehead atoms. The average Bonchev–Trinajstić information content (AvgIpc) is 3.39. The van der Waals surface area contributed by atoms with Gasteiger partial charge in [0.15, 0.2) is 0 Å². The summed E-state index contributed by atoms with van der Waals surface area (Å²) in [5.74, 6) is -0.387. The molecular formula is C33H29N5O3S2. The van der Waals surface area contributed by atoms with Gasteiger partial charge in [-0.05, 0) is 54.0 Å². The molecule has 0 saturated carbocycles. The fourth-order valence-electron chi connectivity index (χ4n) is 5.18. The Balaban J connectivity index is 1.37. The molecule has 2 heterocycles. The van der Waals surface area contributed by atoms with Crippen LogP contribution in [0.1, 0.15) is 58.4 Å². The number of anilines is 2. The minimum atomic E-state index is -0.445. The van der Waals surface area contributed by atoms with E-state index in [4.69, 9.17) is 10.5 Å². The molecule has 216 valence electrons. The smallest absolute Gasteiger partial charge is 0.341 e. The van der Waals surface area contributed by atoms with E-state index in [0.29, 0.717) is 38.9 Å². The predicted octanol–water partition coefficient (Wildman–Crippen LogP) is 6.76. The Bertz CT molecular complexity index is 1800. The van der Waals surface area contributed by atoms with Gasteiger partial charge >= 0.3 is 5.97 Å². The lowest BCUT2D eigenvalue weighted by Gasteiger charge is -2.16. The summed E-state index contributed by atoms with van der Waals surface area (Å²) in [6, 6.07) is 20.0. The van der Waals surface area contributed by atoms with Crippen LogP contribution in [0.2, 0.25) is 0 Å². The molecule has 0 unspecified atom stereocenters. The molecule has 1 aliphatic rings.